The van der Waals surface area contributed by atoms with E-state index in [1.54, 1.807) is 12.1 Å². The van der Waals surface area contributed by atoms with E-state index in [4.69, 9.17) is 4.74 Å². The lowest BCUT2D eigenvalue weighted by molar-refractivity contribution is 0.0483. The number of rotatable bonds is 16. The van der Waals surface area contributed by atoms with Gasteiger partial charge < -0.3 is 4.74 Å². The fourth-order valence-corrected chi connectivity index (χ4v) is 3.95. The molecule has 0 aliphatic heterocycles. The molecule has 3 atom stereocenters. The number of hydrogen-bond donors (Lipinski definition) is 0. The van der Waals surface area contributed by atoms with E-state index in [2.05, 4.69) is 34.6 Å². The van der Waals surface area contributed by atoms with Crippen LogP contribution in [0.15, 0.2) is 30.3 Å². The van der Waals surface area contributed by atoms with Gasteiger partial charge in [0.25, 0.3) is 0 Å². The van der Waals surface area contributed by atoms with Gasteiger partial charge in [-0.3, -0.25) is 0 Å². The van der Waals surface area contributed by atoms with E-state index in [1.807, 2.05) is 18.2 Å². The molecule has 0 radical (unpaired) electrons. The van der Waals surface area contributed by atoms with Crippen LogP contribution in [0.4, 0.5) is 0 Å². The van der Waals surface area contributed by atoms with Crippen LogP contribution in [-0.4, -0.2) is 12.6 Å². The summed E-state index contributed by atoms with van der Waals surface area (Å²) in [7, 11) is 0. The highest BCUT2D eigenvalue weighted by Crippen LogP contribution is 2.22. The van der Waals surface area contributed by atoms with E-state index in [-0.39, 0.29) is 5.97 Å². The first kappa shape index (κ1) is 25.7. The molecule has 166 valence electrons. The van der Waals surface area contributed by atoms with Crippen LogP contribution < -0.4 is 0 Å². The second-order valence-corrected chi connectivity index (χ2v) is 9.79. The highest BCUT2D eigenvalue weighted by molar-refractivity contribution is 5.89. The van der Waals surface area contributed by atoms with Crippen molar-refractivity contribution in [2.24, 2.45) is 23.7 Å². The molecule has 0 N–H and O–H groups in total. The monoisotopic (exact) mass is 402 g/mol. The van der Waals surface area contributed by atoms with Gasteiger partial charge in [-0.15, -0.1) is 0 Å². The molecule has 1 rings (SSSR count). The van der Waals surface area contributed by atoms with Crippen molar-refractivity contribution in [3.05, 3.63) is 35.9 Å². The minimum absolute atomic E-state index is 0.204. The molecule has 1 aromatic carbocycles. The molecule has 0 saturated carbocycles. The van der Waals surface area contributed by atoms with E-state index in [9.17, 15) is 4.79 Å². The van der Waals surface area contributed by atoms with E-state index in [1.165, 1.54) is 57.8 Å². The largest absolute Gasteiger partial charge is 0.462 e. The number of carbonyl (C=O) groups excluding carboxylic acids is 1. The third kappa shape index (κ3) is 13.5. The minimum atomic E-state index is -0.204. The molecule has 0 aliphatic rings. The Balaban J connectivity index is 2.01. The lowest BCUT2D eigenvalue weighted by atomic mass is 9.91. The second-order valence-electron chi connectivity index (χ2n) is 9.79. The Morgan fingerprint density at radius 3 is 1.62 bits per heavy atom. The molecule has 29 heavy (non-hydrogen) atoms. The average molecular weight is 403 g/mol. The summed E-state index contributed by atoms with van der Waals surface area (Å²) in [5.74, 6) is 2.98. The van der Waals surface area contributed by atoms with Crippen LogP contribution in [0.3, 0.4) is 0 Å². The first-order chi connectivity index (χ1) is 13.9. The molecule has 0 aliphatic carbocycles. The number of hydrogen-bond acceptors (Lipinski definition) is 2. The molecule has 1 aromatic rings. The van der Waals surface area contributed by atoms with Gasteiger partial charge in [0.05, 0.1) is 12.2 Å². The Hall–Kier alpha value is -1.31. The molecular formula is C27H46O2. The lowest BCUT2D eigenvalue weighted by Gasteiger charge is -2.16. The van der Waals surface area contributed by atoms with Crippen molar-refractivity contribution in [1.82, 2.24) is 0 Å². The van der Waals surface area contributed by atoms with Gasteiger partial charge >= 0.3 is 5.97 Å². The lowest BCUT2D eigenvalue weighted by Crippen LogP contribution is -2.09. The maximum atomic E-state index is 11.9. The van der Waals surface area contributed by atoms with Gasteiger partial charge in [0.15, 0.2) is 0 Å². The Kier molecular flexibility index (Phi) is 13.8. The van der Waals surface area contributed by atoms with Gasteiger partial charge in [0.1, 0.15) is 0 Å². The van der Waals surface area contributed by atoms with Crippen LogP contribution in [-0.2, 0) is 4.74 Å². The summed E-state index contributed by atoms with van der Waals surface area (Å²) in [6, 6.07) is 9.26. The SMILES string of the molecule is CC(C)CCC[C@@H](C)CCC[C@@H](C)CCCC(C)CCOC(=O)c1ccccc1. The Morgan fingerprint density at radius 1 is 0.690 bits per heavy atom. The van der Waals surface area contributed by atoms with Crippen molar-refractivity contribution >= 4 is 5.97 Å². The van der Waals surface area contributed by atoms with Gasteiger partial charge in [-0.2, -0.15) is 0 Å². The third-order valence-corrected chi connectivity index (χ3v) is 6.12. The third-order valence-electron chi connectivity index (χ3n) is 6.12. The number of carbonyl (C=O) groups is 1. The normalized spacial score (nSPS) is 14.6. The first-order valence-electron chi connectivity index (χ1n) is 12.1. The molecular weight excluding hydrogens is 356 g/mol. The quantitative estimate of drug-likeness (QED) is 0.260. The zero-order chi connectivity index (χ0) is 21.5. The topological polar surface area (TPSA) is 26.3 Å². The van der Waals surface area contributed by atoms with Crippen LogP contribution in [0.25, 0.3) is 0 Å². The highest BCUT2D eigenvalue weighted by Gasteiger charge is 2.10. The summed E-state index contributed by atoms with van der Waals surface area (Å²) < 4.78 is 5.40. The van der Waals surface area contributed by atoms with Crippen molar-refractivity contribution in [2.75, 3.05) is 6.61 Å². The van der Waals surface area contributed by atoms with Gasteiger partial charge in [-0.25, -0.2) is 4.79 Å². The summed E-state index contributed by atoms with van der Waals surface area (Å²) >= 11 is 0. The van der Waals surface area contributed by atoms with Crippen LogP contribution in [0.2, 0.25) is 0 Å². The van der Waals surface area contributed by atoms with E-state index < -0.39 is 0 Å². The molecule has 1 unspecified atom stereocenters. The van der Waals surface area contributed by atoms with E-state index in [0.717, 1.165) is 24.2 Å². The Labute approximate surface area is 180 Å². The molecule has 0 bridgehead atoms. The summed E-state index contributed by atoms with van der Waals surface area (Å²) in [6.07, 6.45) is 13.1. The van der Waals surface area contributed by atoms with Crippen LogP contribution in [0.1, 0.15) is 109 Å². The molecule has 0 saturated heterocycles. The van der Waals surface area contributed by atoms with Crippen molar-refractivity contribution in [1.29, 1.82) is 0 Å². The van der Waals surface area contributed by atoms with Crippen LogP contribution in [0, 0.1) is 23.7 Å². The average Bonchev–Trinajstić information content (AvgIpc) is 2.68. The maximum absolute atomic E-state index is 11.9. The molecule has 0 amide bonds. The van der Waals surface area contributed by atoms with Crippen molar-refractivity contribution in [3.63, 3.8) is 0 Å². The molecule has 2 heteroatoms. The summed E-state index contributed by atoms with van der Waals surface area (Å²) in [5, 5.41) is 0. The van der Waals surface area contributed by atoms with E-state index >= 15 is 0 Å². The summed E-state index contributed by atoms with van der Waals surface area (Å²) in [5.41, 5.74) is 0.642. The maximum Gasteiger partial charge on any atom is 0.338 e. The smallest absolute Gasteiger partial charge is 0.338 e. The fourth-order valence-electron chi connectivity index (χ4n) is 3.95. The first-order valence-corrected chi connectivity index (χ1v) is 12.1. The van der Waals surface area contributed by atoms with Gasteiger partial charge in [-0.1, -0.05) is 111 Å². The number of ether oxygens (including phenoxy) is 1. The molecule has 0 heterocycles. The molecule has 0 fully saturated rings. The standard InChI is InChI=1S/C27H46O2/c1-22(2)12-9-13-23(3)14-10-15-24(4)16-11-17-25(5)20-21-29-27(28)26-18-7-6-8-19-26/h6-8,18-19,22-25H,9-17,20-21H2,1-5H3/t23-,24-,25?/m1/s1. The van der Waals surface area contributed by atoms with Gasteiger partial charge in [0, 0.05) is 0 Å². The fraction of sp³-hybridized carbons (Fsp3) is 0.741. The molecule has 0 aromatic heterocycles. The molecule has 0 spiro atoms. The van der Waals surface area contributed by atoms with Crippen LogP contribution >= 0.6 is 0 Å². The predicted molar refractivity (Wildman–Crippen MR) is 125 cm³/mol. The van der Waals surface area contributed by atoms with E-state index in [0.29, 0.717) is 18.1 Å². The number of esters is 1. The van der Waals surface area contributed by atoms with Gasteiger partial charge in [-0.05, 0) is 42.2 Å². The summed E-state index contributed by atoms with van der Waals surface area (Å²) in [4.78, 5) is 11.9. The minimum Gasteiger partial charge on any atom is -0.462 e. The number of benzene rings is 1. The highest BCUT2D eigenvalue weighted by atomic mass is 16.5. The zero-order valence-corrected chi connectivity index (χ0v) is 19.8. The predicted octanol–water partition coefficient (Wildman–Crippen LogP) is 8.31. The Bertz CT molecular complexity index is 523. The van der Waals surface area contributed by atoms with Crippen molar-refractivity contribution in [3.8, 4) is 0 Å². The van der Waals surface area contributed by atoms with Gasteiger partial charge in [0.2, 0.25) is 0 Å². The zero-order valence-electron chi connectivity index (χ0n) is 19.8. The Morgan fingerprint density at radius 2 is 1.14 bits per heavy atom. The van der Waals surface area contributed by atoms with Crippen molar-refractivity contribution in [2.45, 2.75) is 98.8 Å². The van der Waals surface area contributed by atoms with Crippen molar-refractivity contribution < 1.29 is 9.53 Å². The second kappa shape index (κ2) is 15.5. The summed E-state index contributed by atoms with van der Waals surface area (Å²) in [6.45, 7) is 12.3. The van der Waals surface area contributed by atoms with Crippen LogP contribution in [0.5, 0.6) is 0 Å². The molecule has 2 nitrogen and oxygen atoms in total.